The molecule has 0 saturated carbocycles. The van der Waals surface area contributed by atoms with Crippen molar-refractivity contribution in [1.82, 2.24) is 10.6 Å². The van der Waals surface area contributed by atoms with Crippen LogP contribution in [0, 0.1) is 6.92 Å². The zero-order valence-electron chi connectivity index (χ0n) is 9.39. The molecule has 0 radical (unpaired) electrons. The van der Waals surface area contributed by atoms with Gasteiger partial charge in [0.15, 0.2) is 0 Å². The van der Waals surface area contributed by atoms with Gasteiger partial charge in [-0.2, -0.15) is 11.3 Å². The summed E-state index contributed by atoms with van der Waals surface area (Å²) in [6.07, 6.45) is 0. The summed E-state index contributed by atoms with van der Waals surface area (Å²) in [7, 11) is 0. The third-order valence-electron chi connectivity index (χ3n) is 2.95. The van der Waals surface area contributed by atoms with Gasteiger partial charge < -0.3 is 10.6 Å². The van der Waals surface area contributed by atoms with Crippen LogP contribution in [-0.2, 0) is 6.54 Å². The molecule has 0 aromatic carbocycles. The first kappa shape index (κ1) is 10.9. The second kappa shape index (κ2) is 4.92. The maximum Gasteiger partial charge on any atom is 0.0219 e. The maximum atomic E-state index is 3.50. The van der Waals surface area contributed by atoms with Crippen molar-refractivity contribution in [2.75, 3.05) is 19.6 Å². The summed E-state index contributed by atoms with van der Waals surface area (Å²) in [5.74, 6) is 0. The van der Waals surface area contributed by atoms with Crippen molar-refractivity contribution in [1.29, 1.82) is 0 Å². The first-order valence-electron chi connectivity index (χ1n) is 5.38. The highest BCUT2D eigenvalue weighted by Crippen LogP contribution is 2.13. The topological polar surface area (TPSA) is 24.1 Å². The molecule has 0 amide bonds. The van der Waals surface area contributed by atoms with Crippen molar-refractivity contribution in [3.05, 3.63) is 33.0 Å². The van der Waals surface area contributed by atoms with Gasteiger partial charge in [-0.1, -0.05) is 5.57 Å². The van der Waals surface area contributed by atoms with Crippen LogP contribution in [0.4, 0.5) is 0 Å². The van der Waals surface area contributed by atoms with Crippen LogP contribution in [0.3, 0.4) is 0 Å². The fourth-order valence-corrected chi connectivity index (χ4v) is 2.49. The first-order valence-corrected chi connectivity index (χ1v) is 6.32. The predicted octanol–water partition coefficient (Wildman–Crippen LogP) is 2.07. The average molecular weight is 222 g/mol. The zero-order valence-corrected chi connectivity index (χ0v) is 10.2. The number of thiophene rings is 1. The average Bonchev–Trinajstić information content (AvgIpc) is 2.49. The Kier molecular flexibility index (Phi) is 3.57. The van der Waals surface area contributed by atoms with E-state index in [1.54, 1.807) is 16.9 Å². The van der Waals surface area contributed by atoms with E-state index in [9.17, 15) is 0 Å². The maximum absolute atomic E-state index is 3.50. The van der Waals surface area contributed by atoms with Gasteiger partial charge in [0.05, 0.1) is 0 Å². The molecular formula is C12H18N2S. The van der Waals surface area contributed by atoms with Crippen molar-refractivity contribution in [2.24, 2.45) is 0 Å². The lowest BCUT2D eigenvalue weighted by atomic mass is 10.0. The molecule has 0 spiro atoms. The Hall–Kier alpha value is -0.640. The van der Waals surface area contributed by atoms with E-state index in [0.717, 1.165) is 26.2 Å². The quantitative estimate of drug-likeness (QED) is 0.762. The molecule has 1 aliphatic heterocycles. The molecule has 15 heavy (non-hydrogen) atoms. The molecule has 0 aliphatic carbocycles. The lowest BCUT2D eigenvalue weighted by molar-refractivity contribution is 0.640. The van der Waals surface area contributed by atoms with Crippen molar-refractivity contribution in [3.63, 3.8) is 0 Å². The Labute approximate surface area is 95.4 Å². The van der Waals surface area contributed by atoms with E-state index in [-0.39, 0.29) is 0 Å². The van der Waals surface area contributed by atoms with Crippen LogP contribution in [0.15, 0.2) is 21.9 Å². The van der Waals surface area contributed by atoms with Crippen molar-refractivity contribution < 1.29 is 0 Å². The predicted molar refractivity (Wildman–Crippen MR) is 66.3 cm³/mol. The molecule has 0 unspecified atom stereocenters. The molecular weight excluding hydrogens is 204 g/mol. The molecule has 1 fully saturated rings. The summed E-state index contributed by atoms with van der Waals surface area (Å²) in [5, 5.41) is 11.2. The normalized spacial score (nSPS) is 15.2. The third-order valence-corrected chi connectivity index (χ3v) is 3.86. The van der Waals surface area contributed by atoms with E-state index in [4.69, 9.17) is 0 Å². The lowest BCUT2D eigenvalue weighted by Gasteiger charge is -2.22. The Balaban J connectivity index is 1.78. The van der Waals surface area contributed by atoms with Gasteiger partial charge in [-0.25, -0.2) is 0 Å². The van der Waals surface area contributed by atoms with E-state index < -0.39 is 0 Å². The standard InChI is InChI=1S/C12H18N2S/c1-9(11-4-14-5-11)3-13-6-12-8-15-7-10(12)2/h7-8,13-14H,3-6H2,1-2H3. The highest BCUT2D eigenvalue weighted by Gasteiger charge is 2.10. The van der Waals surface area contributed by atoms with Gasteiger partial charge in [0.25, 0.3) is 0 Å². The highest BCUT2D eigenvalue weighted by atomic mass is 32.1. The van der Waals surface area contributed by atoms with Crippen LogP contribution < -0.4 is 10.6 Å². The zero-order chi connectivity index (χ0) is 10.7. The molecule has 82 valence electrons. The van der Waals surface area contributed by atoms with Crippen LogP contribution in [0.5, 0.6) is 0 Å². The minimum atomic E-state index is 0.993. The van der Waals surface area contributed by atoms with Crippen molar-refractivity contribution in [3.8, 4) is 0 Å². The van der Waals surface area contributed by atoms with E-state index in [0.29, 0.717) is 0 Å². The lowest BCUT2D eigenvalue weighted by Crippen LogP contribution is -2.36. The molecule has 0 bridgehead atoms. The van der Waals surface area contributed by atoms with Gasteiger partial charge in [-0.15, -0.1) is 0 Å². The van der Waals surface area contributed by atoms with E-state index in [1.807, 2.05) is 0 Å². The number of hydrogen-bond acceptors (Lipinski definition) is 3. The fraction of sp³-hybridized carbons (Fsp3) is 0.500. The number of nitrogens with one attached hydrogen (secondary N) is 2. The van der Waals surface area contributed by atoms with Crippen LogP contribution >= 0.6 is 11.3 Å². The Morgan fingerprint density at radius 3 is 2.80 bits per heavy atom. The van der Waals surface area contributed by atoms with Crippen LogP contribution in [0.25, 0.3) is 0 Å². The SMILES string of the molecule is CC(CNCc1cscc1C)=C1CNC1. The molecule has 3 heteroatoms. The Bertz CT molecular complexity index is 359. The first-order chi connectivity index (χ1) is 7.27. The third kappa shape index (κ3) is 2.68. The molecule has 2 rings (SSSR count). The monoisotopic (exact) mass is 222 g/mol. The summed E-state index contributed by atoms with van der Waals surface area (Å²) < 4.78 is 0. The minimum absolute atomic E-state index is 0.993. The van der Waals surface area contributed by atoms with E-state index in [1.165, 1.54) is 16.7 Å². The smallest absolute Gasteiger partial charge is 0.0219 e. The fourth-order valence-electron chi connectivity index (χ4n) is 1.63. The molecule has 1 aliphatic rings. The Morgan fingerprint density at radius 1 is 1.47 bits per heavy atom. The summed E-state index contributed by atoms with van der Waals surface area (Å²) in [4.78, 5) is 0. The summed E-state index contributed by atoms with van der Waals surface area (Å²) in [5.41, 5.74) is 5.92. The molecule has 0 atom stereocenters. The van der Waals surface area contributed by atoms with E-state index in [2.05, 4.69) is 35.2 Å². The second-order valence-electron chi connectivity index (χ2n) is 4.17. The largest absolute Gasteiger partial charge is 0.309 e. The summed E-state index contributed by atoms with van der Waals surface area (Å²) in [6.45, 7) is 8.59. The van der Waals surface area contributed by atoms with Crippen molar-refractivity contribution >= 4 is 11.3 Å². The second-order valence-corrected chi connectivity index (χ2v) is 4.91. The number of hydrogen-bond donors (Lipinski definition) is 2. The number of aryl methyl sites for hydroxylation is 1. The summed E-state index contributed by atoms with van der Waals surface area (Å²) in [6, 6.07) is 0. The van der Waals surface area contributed by atoms with Crippen LogP contribution in [0.2, 0.25) is 0 Å². The molecule has 2 nitrogen and oxygen atoms in total. The van der Waals surface area contributed by atoms with Gasteiger partial charge in [-0.05, 0) is 41.3 Å². The molecule has 1 aromatic rings. The minimum Gasteiger partial charge on any atom is -0.309 e. The highest BCUT2D eigenvalue weighted by molar-refractivity contribution is 7.08. The molecule has 1 saturated heterocycles. The number of rotatable bonds is 4. The Morgan fingerprint density at radius 2 is 2.27 bits per heavy atom. The van der Waals surface area contributed by atoms with Gasteiger partial charge >= 0.3 is 0 Å². The molecule has 1 aromatic heterocycles. The molecule has 2 N–H and O–H groups in total. The van der Waals surface area contributed by atoms with Gasteiger partial charge in [0, 0.05) is 26.2 Å². The summed E-state index contributed by atoms with van der Waals surface area (Å²) >= 11 is 1.79. The molecule has 2 heterocycles. The van der Waals surface area contributed by atoms with Crippen molar-refractivity contribution in [2.45, 2.75) is 20.4 Å². The van der Waals surface area contributed by atoms with Crippen LogP contribution in [0.1, 0.15) is 18.1 Å². The van der Waals surface area contributed by atoms with Crippen LogP contribution in [-0.4, -0.2) is 19.6 Å². The van der Waals surface area contributed by atoms with Gasteiger partial charge in [0.1, 0.15) is 0 Å². The van der Waals surface area contributed by atoms with E-state index >= 15 is 0 Å². The van der Waals surface area contributed by atoms with Gasteiger partial charge in [-0.3, -0.25) is 0 Å². The van der Waals surface area contributed by atoms with Gasteiger partial charge in [0.2, 0.25) is 0 Å².